The van der Waals surface area contributed by atoms with Gasteiger partial charge in [0.25, 0.3) is 0 Å². The standard InChI is InChI=1S/C24H14Cl2N2/c25-21-11-9-19(15-5-1-3-7-17(15)21)23-13-24(28-14-27-23)20-10-12-22(26)18-8-4-2-6-16(18)20/h1-14H. The topological polar surface area (TPSA) is 25.8 Å². The van der Waals surface area contributed by atoms with Crippen LogP contribution in [-0.2, 0) is 0 Å². The van der Waals surface area contributed by atoms with Crippen LogP contribution in [0.15, 0.2) is 85.2 Å². The Morgan fingerprint density at radius 2 is 0.929 bits per heavy atom. The minimum atomic E-state index is 0.734. The van der Waals surface area contributed by atoms with Crippen molar-refractivity contribution in [3.63, 3.8) is 0 Å². The number of aromatic nitrogens is 2. The third-order valence-corrected chi connectivity index (χ3v) is 5.62. The Balaban J connectivity index is 1.73. The number of nitrogens with zero attached hydrogens (tertiary/aromatic N) is 2. The van der Waals surface area contributed by atoms with E-state index in [2.05, 4.69) is 22.1 Å². The monoisotopic (exact) mass is 400 g/mol. The van der Waals surface area contributed by atoms with E-state index in [0.29, 0.717) is 0 Å². The quantitative estimate of drug-likeness (QED) is 0.308. The minimum Gasteiger partial charge on any atom is -0.236 e. The van der Waals surface area contributed by atoms with Crippen molar-refractivity contribution in [1.82, 2.24) is 9.97 Å². The lowest BCUT2D eigenvalue weighted by atomic mass is 9.98. The average Bonchev–Trinajstić information content (AvgIpc) is 2.75. The van der Waals surface area contributed by atoms with Gasteiger partial charge in [-0.2, -0.15) is 0 Å². The normalized spacial score (nSPS) is 11.2. The highest BCUT2D eigenvalue weighted by molar-refractivity contribution is 6.36. The minimum absolute atomic E-state index is 0.734. The van der Waals surface area contributed by atoms with Gasteiger partial charge in [-0.05, 0) is 29.0 Å². The molecule has 0 amide bonds. The Labute approximate surface area is 172 Å². The second-order valence-electron chi connectivity index (χ2n) is 6.57. The summed E-state index contributed by atoms with van der Waals surface area (Å²) in [6.45, 7) is 0. The van der Waals surface area contributed by atoms with Crippen LogP contribution in [0.2, 0.25) is 10.0 Å². The molecule has 0 N–H and O–H groups in total. The van der Waals surface area contributed by atoms with Gasteiger partial charge < -0.3 is 0 Å². The number of fused-ring (bicyclic) bond motifs is 2. The lowest BCUT2D eigenvalue weighted by molar-refractivity contribution is 1.18. The van der Waals surface area contributed by atoms with Crippen LogP contribution in [0.5, 0.6) is 0 Å². The highest BCUT2D eigenvalue weighted by atomic mass is 35.5. The predicted molar refractivity (Wildman–Crippen MR) is 118 cm³/mol. The fourth-order valence-electron chi connectivity index (χ4n) is 3.62. The van der Waals surface area contributed by atoms with Crippen molar-refractivity contribution in [2.75, 3.05) is 0 Å². The van der Waals surface area contributed by atoms with E-state index in [1.807, 2.05) is 66.7 Å². The van der Waals surface area contributed by atoms with Crippen molar-refractivity contribution in [3.05, 3.63) is 95.2 Å². The molecule has 0 fully saturated rings. The Morgan fingerprint density at radius 3 is 1.39 bits per heavy atom. The van der Waals surface area contributed by atoms with Crippen LogP contribution in [0.1, 0.15) is 0 Å². The van der Waals surface area contributed by atoms with Gasteiger partial charge in [0.1, 0.15) is 6.33 Å². The largest absolute Gasteiger partial charge is 0.236 e. The van der Waals surface area contributed by atoms with E-state index >= 15 is 0 Å². The maximum absolute atomic E-state index is 6.38. The molecule has 0 saturated carbocycles. The van der Waals surface area contributed by atoms with Crippen LogP contribution in [0.25, 0.3) is 44.1 Å². The molecule has 4 aromatic carbocycles. The van der Waals surface area contributed by atoms with Gasteiger partial charge in [0, 0.05) is 31.9 Å². The molecule has 0 unspecified atom stereocenters. The third kappa shape index (κ3) is 2.82. The van der Waals surface area contributed by atoms with Gasteiger partial charge in [-0.25, -0.2) is 9.97 Å². The number of halogens is 2. The molecule has 0 aliphatic rings. The molecule has 5 rings (SSSR count). The Hall–Kier alpha value is -2.94. The van der Waals surface area contributed by atoms with Crippen molar-refractivity contribution in [1.29, 1.82) is 0 Å². The molecular weight excluding hydrogens is 387 g/mol. The van der Waals surface area contributed by atoms with Gasteiger partial charge >= 0.3 is 0 Å². The molecule has 28 heavy (non-hydrogen) atoms. The SMILES string of the molecule is Clc1ccc(-c2cc(-c3ccc(Cl)c4ccccc34)ncn2)c2ccccc12. The van der Waals surface area contributed by atoms with Crippen molar-refractivity contribution in [2.24, 2.45) is 0 Å². The second-order valence-corrected chi connectivity index (χ2v) is 7.38. The number of hydrogen-bond acceptors (Lipinski definition) is 2. The van der Waals surface area contributed by atoms with Gasteiger partial charge in [-0.15, -0.1) is 0 Å². The summed E-state index contributed by atoms with van der Waals surface area (Å²) in [5.41, 5.74) is 3.78. The van der Waals surface area contributed by atoms with E-state index in [4.69, 9.17) is 23.2 Å². The van der Waals surface area contributed by atoms with Crippen LogP contribution in [0.4, 0.5) is 0 Å². The van der Waals surface area contributed by atoms with E-state index in [1.165, 1.54) is 0 Å². The summed E-state index contributed by atoms with van der Waals surface area (Å²) in [5.74, 6) is 0. The number of hydrogen-bond donors (Lipinski definition) is 0. The van der Waals surface area contributed by atoms with Crippen LogP contribution in [0, 0.1) is 0 Å². The van der Waals surface area contributed by atoms with Gasteiger partial charge in [0.05, 0.1) is 11.4 Å². The lowest BCUT2D eigenvalue weighted by Gasteiger charge is -2.11. The molecule has 1 heterocycles. The fraction of sp³-hybridized carbons (Fsp3) is 0. The van der Waals surface area contributed by atoms with E-state index in [9.17, 15) is 0 Å². The highest BCUT2D eigenvalue weighted by Crippen LogP contribution is 2.35. The third-order valence-electron chi connectivity index (χ3n) is 4.96. The molecule has 0 bridgehead atoms. The first-order valence-electron chi connectivity index (χ1n) is 8.89. The van der Waals surface area contributed by atoms with Crippen molar-refractivity contribution < 1.29 is 0 Å². The molecule has 0 aliphatic carbocycles. The number of benzene rings is 4. The summed E-state index contributed by atoms with van der Waals surface area (Å²) in [7, 11) is 0. The summed E-state index contributed by atoms with van der Waals surface area (Å²) in [6.07, 6.45) is 1.61. The van der Waals surface area contributed by atoms with Crippen LogP contribution >= 0.6 is 23.2 Å². The van der Waals surface area contributed by atoms with Gasteiger partial charge in [-0.1, -0.05) is 83.9 Å². The maximum Gasteiger partial charge on any atom is 0.116 e. The van der Waals surface area contributed by atoms with Gasteiger partial charge in [0.15, 0.2) is 0 Å². The summed E-state index contributed by atoms with van der Waals surface area (Å²) in [5, 5.41) is 5.63. The Morgan fingerprint density at radius 1 is 0.500 bits per heavy atom. The Bertz CT molecular complexity index is 1240. The second kappa shape index (κ2) is 6.90. The van der Waals surface area contributed by atoms with Crippen molar-refractivity contribution in [2.45, 2.75) is 0 Å². The summed E-state index contributed by atoms with van der Waals surface area (Å²) < 4.78 is 0. The smallest absolute Gasteiger partial charge is 0.116 e. The first-order valence-corrected chi connectivity index (χ1v) is 9.65. The summed E-state index contributed by atoms with van der Waals surface area (Å²) in [4.78, 5) is 9.06. The maximum atomic E-state index is 6.38. The summed E-state index contributed by atoms with van der Waals surface area (Å²) >= 11 is 12.8. The molecule has 134 valence electrons. The molecule has 0 aliphatic heterocycles. The van der Waals surface area contributed by atoms with Crippen molar-refractivity contribution in [3.8, 4) is 22.5 Å². The molecule has 5 aromatic rings. The van der Waals surface area contributed by atoms with Crippen LogP contribution in [0.3, 0.4) is 0 Å². The first kappa shape index (κ1) is 17.2. The molecule has 4 heteroatoms. The lowest BCUT2D eigenvalue weighted by Crippen LogP contribution is -1.91. The predicted octanol–water partition coefficient (Wildman–Crippen LogP) is 7.42. The van der Waals surface area contributed by atoms with Gasteiger partial charge in [-0.3, -0.25) is 0 Å². The highest BCUT2D eigenvalue weighted by Gasteiger charge is 2.12. The van der Waals surface area contributed by atoms with Crippen molar-refractivity contribution >= 4 is 44.7 Å². The van der Waals surface area contributed by atoms with Crippen LogP contribution in [-0.4, -0.2) is 9.97 Å². The molecule has 1 aromatic heterocycles. The molecule has 0 atom stereocenters. The molecule has 2 nitrogen and oxygen atoms in total. The first-order chi connectivity index (χ1) is 13.7. The zero-order chi connectivity index (χ0) is 19.1. The zero-order valence-electron chi connectivity index (χ0n) is 14.7. The average molecular weight is 401 g/mol. The Kier molecular flexibility index (Phi) is 4.23. The van der Waals surface area contributed by atoms with Crippen LogP contribution < -0.4 is 0 Å². The fourth-order valence-corrected chi connectivity index (χ4v) is 4.08. The number of rotatable bonds is 2. The van der Waals surface area contributed by atoms with E-state index in [0.717, 1.165) is 54.1 Å². The zero-order valence-corrected chi connectivity index (χ0v) is 16.2. The van der Waals surface area contributed by atoms with E-state index in [-0.39, 0.29) is 0 Å². The molecule has 0 saturated heterocycles. The van der Waals surface area contributed by atoms with E-state index in [1.54, 1.807) is 6.33 Å². The van der Waals surface area contributed by atoms with Gasteiger partial charge in [0.2, 0.25) is 0 Å². The molecule has 0 radical (unpaired) electrons. The molecular formula is C24H14Cl2N2. The molecule has 0 spiro atoms. The van der Waals surface area contributed by atoms with E-state index < -0.39 is 0 Å². The summed E-state index contributed by atoms with van der Waals surface area (Å²) in [6, 6.07) is 26.1.